The van der Waals surface area contributed by atoms with E-state index in [0.717, 1.165) is 35.7 Å². The highest BCUT2D eigenvalue weighted by Crippen LogP contribution is 2.29. The summed E-state index contributed by atoms with van der Waals surface area (Å²) in [6.45, 7) is 3.14. The van der Waals surface area contributed by atoms with Crippen LogP contribution < -0.4 is 14.2 Å². The fourth-order valence-corrected chi connectivity index (χ4v) is 3.27. The largest absolute Gasteiger partial charge is 0.493 e. The van der Waals surface area contributed by atoms with Crippen molar-refractivity contribution in [2.75, 3.05) is 20.3 Å². The third-order valence-electron chi connectivity index (χ3n) is 4.97. The van der Waals surface area contributed by atoms with Crippen molar-refractivity contribution in [2.45, 2.75) is 32.3 Å². The third-order valence-corrected chi connectivity index (χ3v) is 4.97. The number of para-hydroxylation sites is 1. The molecular weight excluding hydrogens is 420 g/mol. The highest BCUT2D eigenvalue weighted by atomic mass is 16.5. The van der Waals surface area contributed by atoms with Gasteiger partial charge in [0.1, 0.15) is 23.0 Å². The number of rotatable bonds is 12. The van der Waals surface area contributed by atoms with Crippen LogP contribution >= 0.6 is 0 Å². The number of aliphatic hydroxyl groups is 1. The molecule has 0 fully saturated rings. The molecule has 0 spiro atoms. The number of hydrogen-bond donors (Lipinski definition) is 1. The van der Waals surface area contributed by atoms with E-state index >= 15 is 0 Å². The summed E-state index contributed by atoms with van der Waals surface area (Å²) in [5.41, 5.74) is 1.58. The lowest BCUT2D eigenvalue weighted by Crippen LogP contribution is -2.13. The summed E-state index contributed by atoms with van der Waals surface area (Å²) in [5.74, 6) is 2.42. The molecule has 3 aromatic carbocycles. The molecule has 174 valence electrons. The maximum atomic E-state index is 11.4. The maximum absolute atomic E-state index is 11.4. The molecule has 3 rings (SSSR count). The van der Waals surface area contributed by atoms with E-state index in [4.69, 9.17) is 14.2 Å². The summed E-state index contributed by atoms with van der Waals surface area (Å²) in [6.07, 6.45) is 1.33. The summed E-state index contributed by atoms with van der Waals surface area (Å²) in [6, 6.07) is 22.3. The number of esters is 1. The topological polar surface area (TPSA) is 74.2 Å². The Bertz CT molecular complexity index is 1000. The van der Waals surface area contributed by atoms with E-state index in [2.05, 4.69) is 11.7 Å². The number of aliphatic hydroxyl groups excluding tert-OH is 1. The Labute approximate surface area is 194 Å². The number of carbonyl (C=O) groups excluding carboxylic acids is 1. The molecule has 6 nitrogen and oxygen atoms in total. The third kappa shape index (κ3) is 7.26. The van der Waals surface area contributed by atoms with Crippen molar-refractivity contribution in [1.82, 2.24) is 0 Å². The average molecular weight is 451 g/mol. The van der Waals surface area contributed by atoms with Crippen molar-refractivity contribution in [3.8, 4) is 23.0 Å². The summed E-state index contributed by atoms with van der Waals surface area (Å²) >= 11 is 0. The zero-order valence-corrected chi connectivity index (χ0v) is 19.0. The summed E-state index contributed by atoms with van der Waals surface area (Å²) in [4.78, 5) is 11.4. The molecule has 0 bridgehead atoms. The van der Waals surface area contributed by atoms with E-state index in [1.807, 2.05) is 48.5 Å². The quantitative estimate of drug-likeness (QED) is 0.291. The minimum Gasteiger partial charge on any atom is -0.493 e. The molecule has 0 amide bonds. The Morgan fingerprint density at radius 3 is 2.27 bits per heavy atom. The van der Waals surface area contributed by atoms with Crippen molar-refractivity contribution in [3.05, 3.63) is 83.9 Å². The lowest BCUT2D eigenvalue weighted by Gasteiger charge is -2.14. The predicted octanol–water partition coefficient (Wildman–Crippen LogP) is 5.49. The Morgan fingerprint density at radius 2 is 1.58 bits per heavy atom. The summed E-state index contributed by atoms with van der Waals surface area (Å²) in [5, 5.41) is 9.85. The summed E-state index contributed by atoms with van der Waals surface area (Å²) < 4.78 is 22.2. The van der Waals surface area contributed by atoms with Gasteiger partial charge in [0.25, 0.3) is 0 Å². The minimum absolute atomic E-state index is 0.459. The van der Waals surface area contributed by atoms with Crippen LogP contribution in [0.1, 0.15) is 37.0 Å². The van der Waals surface area contributed by atoms with E-state index in [1.165, 1.54) is 7.11 Å². The number of aryl methyl sites for hydroxylation is 1. The van der Waals surface area contributed by atoms with Gasteiger partial charge in [0.05, 0.1) is 20.3 Å². The molecule has 0 saturated carbocycles. The monoisotopic (exact) mass is 450 g/mol. The van der Waals surface area contributed by atoms with Crippen LogP contribution in [0, 0.1) is 0 Å². The van der Waals surface area contributed by atoms with E-state index in [9.17, 15) is 9.90 Å². The molecule has 0 aliphatic carbocycles. The van der Waals surface area contributed by atoms with Crippen molar-refractivity contribution < 1.29 is 28.8 Å². The van der Waals surface area contributed by atoms with Gasteiger partial charge in [-0.3, -0.25) is 0 Å². The van der Waals surface area contributed by atoms with Gasteiger partial charge in [-0.1, -0.05) is 43.7 Å². The average Bonchev–Trinajstić information content (AvgIpc) is 2.85. The number of carbonyl (C=O) groups is 1. The highest BCUT2D eigenvalue weighted by Gasteiger charge is 2.17. The highest BCUT2D eigenvalue weighted by molar-refractivity contribution is 5.76. The van der Waals surface area contributed by atoms with Gasteiger partial charge < -0.3 is 24.1 Å². The van der Waals surface area contributed by atoms with Gasteiger partial charge >= 0.3 is 5.97 Å². The van der Waals surface area contributed by atoms with Gasteiger partial charge in [0.15, 0.2) is 6.10 Å². The SMILES string of the molecule is CCCc1cc(Oc2ccccc2)ccc1OCCCOc1ccc(C(O)C(=O)OC)cc1. The lowest BCUT2D eigenvalue weighted by molar-refractivity contribution is -0.150. The normalized spacial score (nSPS) is 11.5. The van der Waals surface area contributed by atoms with Crippen LogP contribution in [0.25, 0.3) is 0 Å². The molecule has 0 heterocycles. The van der Waals surface area contributed by atoms with Gasteiger partial charge in [-0.05, 0) is 60.0 Å². The molecule has 1 atom stereocenters. The second-order valence-electron chi connectivity index (χ2n) is 7.48. The molecule has 0 aliphatic rings. The van der Waals surface area contributed by atoms with Gasteiger partial charge in [-0.25, -0.2) is 4.79 Å². The van der Waals surface area contributed by atoms with Crippen molar-refractivity contribution in [2.24, 2.45) is 0 Å². The maximum Gasteiger partial charge on any atom is 0.339 e. The van der Waals surface area contributed by atoms with Gasteiger partial charge in [0, 0.05) is 6.42 Å². The van der Waals surface area contributed by atoms with Crippen LogP contribution in [-0.4, -0.2) is 31.4 Å². The predicted molar refractivity (Wildman–Crippen MR) is 126 cm³/mol. The van der Waals surface area contributed by atoms with E-state index in [-0.39, 0.29) is 0 Å². The molecule has 0 radical (unpaired) electrons. The van der Waals surface area contributed by atoms with E-state index in [0.29, 0.717) is 30.9 Å². The number of ether oxygens (including phenoxy) is 4. The summed E-state index contributed by atoms with van der Waals surface area (Å²) in [7, 11) is 1.24. The zero-order chi connectivity index (χ0) is 23.5. The molecule has 0 aliphatic heterocycles. The Kier molecular flexibility index (Phi) is 9.15. The van der Waals surface area contributed by atoms with Crippen LogP contribution in [0.5, 0.6) is 23.0 Å². The van der Waals surface area contributed by atoms with E-state index < -0.39 is 12.1 Å². The molecule has 0 aromatic heterocycles. The van der Waals surface area contributed by atoms with Crippen LogP contribution in [0.3, 0.4) is 0 Å². The van der Waals surface area contributed by atoms with Crippen molar-refractivity contribution >= 4 is 5.97 Å². The van der Waals surface area contributed by atoms with Gasteiger partial charge in [-0.2, -0.15) is 0 Å². The molecule has 33 heavy (non-hydrogen) atoms. The van der Waals surface area contributed by atoms with Gasteiger partial charge in [0.2, 0.25) is 0 Å². The Morgan fingerprint density at radius 1 is 0.879 bits per heavy atom. The molecule has 1 unspecified atom stereocenters. The Hall–Kier alpha value is -3.51. The fraction of sp³-hybridized carbons (Fsp3) is 0.296. The second-order valence-corrected chi connectivity index (χ2v) is 7.48. The standard InChI is InChI=1S/C27H30O6/c1-3-8-21-19-24(33-23-9-5-4-6-10-23)15-16-25(21)32-18-7-17-31-22-13-11-20(12-14-22)26(28)27(29)30-2/h4-6,9-16,19,26,28H,3,7-8,17-18H2,1-2H3. The van der Waals surface area contributed by atoms with Crippen LogP contribution in [-0.2, 0) is 16.0 Å². The minimum atomic E-state index is -1.29. The smallest absolute Gasteiger partial charge is 0.339 e. The second kappa shape index (κ2) is 12.5. The van der Waals surface area contributed by atoms with Crippen LogP contribution in [0.4, 0.5) is 0 Å². The number of methoxy groups -OCH3 is 1. The first-order valence-corrected chi connectivity index (χ1v) is 11.1. The number of hydrogen-bond acceptors (Lipinski definition) is 6. The molecule has 3 aromatic rings. The van der Waals surface area contributed by atoms with E-state index in [1.54, 1.807) is 24.3 Å². The molecule has 1 N–H and O–H groups in total. The zero-order valence-electron chi connectivity index (χ0n) is 19.0. The van der Waals surface area contributed by atoms with Crippen molar-refractivity contribution in [1.29, 1.82) is 0 Å². The van der Waals surface area contributed by atoms with Crippen molar-refractivity contribution in [3.63, 3.8) is 0 Å². The first-order chi connectivity index (χ1) is 16.1. The molecule has 0 saturated heterocycles. The first kappa shape index (κ1) is 24.1. The number of benzene rings is 3. The van der Waals surface area contributed by atoms with Gasteiger partial charge in [-0.15, -0.1) is 0 Å². The Balaban J connectivity index is 1.47. The molecule has 6 heteroatoms. The first-order valence-electron chi connectivity index (χ1n) is 11.1. The fourth-order valence-electron chi connectivity index (χ4n) is 3.27. The van der Waals surface area contributed by atoms with Crippen LogP contribution in [0.15, 0.2) is 72.8 Å². The molecular formula is C27H30O6. The lowest BCUT2D eigenvalue weighted by atomic mass is 10.1. The van der Waals surface area contributed by atoms with Crippen LogP contribution in [0.2, 0.25) is 0 Å².